The highest BCUT2D eigenvalue weighted by Crippen LogP contribution is 2.26. The van der Waals surface area contributed by atoms with Crippen LogP contribution >= 0.6 is 11.3 Å². The molecule has 1 aromatic carbocycles. The van der Waals surface area contributed by atoms with E-state index in [-0.39, 0.29) is 11.5 Å². The number of piperazine rings is 1. The Labute approximate surface area is 188 Å². The molecule has 0 radical (unpaired) electrons. The third-order valence-electron chi connectivity index (χ3n) is 5.55. The van der Waals surface area contributed by atoms with E-state index >= 15 is 0 Å². The number of hydrogen-bond acceptors (Lipinski definition) is 7. The number of amides is 1. The molecule has 32 heavy (non-hydrogen) atoms. The zero-order chi connectivity index (χ0) is 22.1. The van der Waals surface area contributed by atoms with E-state index < -0.39 is 0 Å². The summed E-state index contributed by atoms with van der Waals surface area (Å²) in [5.41, 5.74) is 2.26. The summed E-state index contributed by atoms with van der Waals surface area (Å²) in [5, 5.41) is 1.73. The molecule has 4 aromatic rings. The topological polar surface area (TPSA) is 91.4 Å². The lowest BCUT2D eigenvalue weighted by Gasteiger charge is -2.36. The molecule has 3 aromatic heterocycles. The van der Waals surface area contributed by atoms with Crippen molar-refractivity contribution in [2.45, 2.75) is 0 Å². The molecule has 0 spiro atoms. The first-order valence-corrected chi connectivity index (χ1v) is 11.1. The second kappa shape index (κ2) is 8.43. The van der Waals surface area contributed by atoms with Gasteiger partial charge in [-0.3, -0.25) is 14.6 Å². The van der Waals surface area contributed by atoms with Crippen LogP contribution < -0.4 is 15.2 Å². The number of hydrogen-bond donors (Lipinski definition) is 1. The number of aromatic amines is 1. The summed E-state index contributed by atoms with van der Waals surface area (Å²) in [5.74, 6) is 1.07. The van der Waals surface area contributed by atoms with Gasteiger partial charge in [0.2, 0.25) is 0 Å². The molecule has 0 aliphatic carbocycles. The predicted octanol–water partition coefficient (Wildman–Crippen LogP) is 3.02. The Kier molecular flexibility index (Phi) is 5.32. The first-order valence-electron chi connectivity index (χ1n) is 10.3. The lowest BCUT2D eigenvalue weighted by Crippen LogP contribution is -2.48. The summed E-state index contributed by atoms with van der Waals surface area (Å²) >= 11 is 1.24. The second-order valence-corrected chi connectivity index (χ2v) is 8.32. The molecule has 8 nitrogen and oxygen atoms in total. The number of aromatic nitrogens is 3. The average Bonchev–Trinajstić information content (AvgIpc) is 3.29. The Morgan fingerprint density at radius 3 is 2.72 bits per heavy atom. The van der Waals surface area contributed by atoms with Gasteiger partial charge in [-0.15, -0.1) is 11.3 Å². The first-order chi connectivity index (χ1) is 15.6. The molecule has 5 rings (SSSR count). The van der Waals surface area contributed by atoms with Crippen molar-refractivity contribution < 1.29 is 9.53 Å². The summed E-state index contributed by atoms with van der Waals surface area (Å²) in [7, 11) is 1.65. The third kappa shape index (κ3) is 3.71. The molecule has 1 saturated heterocycles. The lowest BCUT2D eigenvalue weighted by molar-refractivity contribution is 0.0749. The van der Waals surface area contributed by atoms with Crippen molar-refractivity contribution in [3.63, 3.8) is 0 Å². The molecule has 0 bridgehead atoms. The normalized spacial score (nSPS) is 14.0. The number of carbonyl (C=O) groups excluding carboxylic acids is 1. The second-order valence-electron chi connectivity index (χ2n) is 7.44. The lowest BCUT2D eigenvalue weighted by atomic mass is 10.2. The number of carbonyl (C=O) groups is 1. The van der Waals surface area contributed by atoms with Crippen molar-refractivity contribution in [2.24, 2.45) is 0 Å². The van der Waals surface area contributed by atoms with Gasteiger partial charge >= 0.3 is 0 Å². The van der Waals surface area contributed by atoms with Crippen LogP contribution in [0.3, 0.4) is 0 Å². The van der Waals surface area contributed by atoms with E-state index in [0.717, 1.165) is 11.4 Å². The maximum atomic E-state index is 13.3. The van der Waals surface area contributed by atoms with Crippen LogP contribution in [0.25, 0.3) is 21.7 Å². The van der Waals surface area contributed by atoms with Crippen molar-refractivity contribution in [3.8, 4) is 17.3 Å². The quantitative estimate of drug-likeness (QED) is 0.517. The van der Waals surface area contributed by atoms with Crippen molar-refractivity contribution >= 4 is 33.1 Å². The molecule has 0 atom stereocenters. The molecule has 1 N–H and O–H groups in total. The van der Waals surface area contributed by atoms with Gasteiger partial charge in [-0.05, 0) is 24.3 Å². The van der Waals surface area contributed by atoms with Crippen molar-refractivity contribution in [1.82, 2.24) is 19.9 Å². The van der Waals surface area contributed by atoms with E-state index in [1.165, 1.54) is 11.3 Å². The fraction of sp³-hybridized carbons (Fsp3) is 0.217. The van der Waals surface area contributed by atoms with E-state index in [2.05, 4.69) is 19.9 Å². The van der Waals surface area contributed by atoms with Crippen LogP contribution in [0.15, 0.2) is 58.8 Å². The van der Waals surface area contributed by atoms with E-state index in [4.69, 9.17) is 4.74 Å². The highest BCUT2D eigenvalue weighted by Gasteiger charge is 2.26. The van der Waals surface area contributed by atoms with E-state index in [1.807, 2.05) is 35.2 Å². The number of benzene rings is 1. The molecule has 9 heteroatoms. The number of H-pyrrole nitrogens is 1. The number of methoxy groups -OCH3 is 1. The molecule has 1 amide bonds. The van der Waals surface area contributed by atoms with Gasteiger partial charge in [0, 0.05) is 49.5 Å². The van der Waals surface area contributed by atoms with Crippen LogP contribution in [0.4, 0.5) is 5.69 Å². The average molecular weight is 448 g/mol. The van der Waals surface area contributed by atoms with Gasteiger partial charge in [0.15, 0.2) is 5.82 Å². The zero-order valence-electron chi connectivity index (χ0n) is 17.4. The van der Waals surface area contributed by atoms with Gasteiger partial charge in [0.05, 0.1) is 12.7 Å². The van der Waals surface area contributed by atoms with Gasteiger partial charge in [-0.1, -0.05) is 12.1 Å². The maximum Gasteiger partial charge on any atom is 0.269 e. The Balaban J connectivity index is 1.38. The number of fused-ring (bicyclic) bond motifs is 1. The number of thiophene rings is 1. The minimum atomic E-state index is -0.262. The standard InChI is InChI=1S/C23H21N5O3S/c1-31-16-6-4-5-15(13-16)27-9-11-28(12-10-27)23(30)17-14-32-20-19(17)25-21(26-22(20)29)18-7-2-3-8-24-18/h2-8,13-14H,9-12H2,1H3,(H,25,26,29). The Morgan fingerprint density at radius 2 is 1.97 bits per heavy atom. The molecular formula is C23H21N5O3S. The minimum absolute atomic E-state index is 0.105. The molecule has 1 fully saturated rings. The summed E-state index contributed by atoms with van der Waals surface area (Å²) in [6.45, 7) is 2.61. The highest BCUT2D eigenvalue weighted by molar-refractivity contribution is 7.17. The minimum Gasteiger partial charge on any atom is -0.497 e. The number of ether oxygens (including phenoxy) is 1. The monoisotopic (exact) mass is 447 g/mol. The number of anilines is 1. The Hall–Kier alpha value is -3.72. The van der Waals surface area contributed by atoms with Crippen LogP contribution in [0.1, 0.15) is 10.4 Å². The first kappa shape index (κ1) is 20.2. The van der Waals surface area contributed by atoms with Crippen molar-refractivity contribution in [3.05, 3.63) is 70.0 Å². The van der Waals surface area contributed by atoms with E-state index in [9.17, 15) is 9.59 Å². The molecule has 0 saturated carbocycles. The SMILES string of the molecule is COc1cccc(N2CCN(C(=O)c3csc4c(=O)[nH]c(-c5ccccn5)nc34)CC2)c1. The number of rotatable bonds is 4. The number of nitrogens with one attached hydrogen (secondary N) is 1. The van der Waals surface area contributed by atoms with Crippen molar-refractivity contribution in [2.75, 3.05) is 38.2 Å². The summed E-state index contributed by atoms with van der Waals surface area (Å²) in [6.07, 6.45) is 1.64. The van der Waals surface area contributed by atoms with Crippen LogP contribution in [0.2, 0.25) is 0 Å². The van der Waals surface area contributed by atoms with Gasteiger partial charge in [-0.25, -0.2) is 4.98 Å². The molecule has 0 unspecified atom stereocenters. The van der Waals surface area contributed by atoms with E-state index in [0.29, 0.717) is 53.5 Å². The molecular weight excluding hydrogens is 426 g/mol. The number of pyridine rings is 1. The van der Waals surface area contributed by atoms with Crippen LogP contribution in [0.5, 0.6) is 5.75 Å². The smallest absolute Gasteiger partial charge is 0.269 e. The largest absolute Gasteiger partial charge is 0.497 e. The third-order valence-corrected chi connectivity index (χ3v) is 6.52. The summed E-state index contributed by atoms with van der Waals surface area (Å²) in [4.78, 5) is 41.6. The predicted molar refractivity (Wildman–Crippen MR) is 125 cm³/mol. The molecule has 162 valence electrons. The highest BCUT2D eigenvalue weighted by atomic mass is 32.1. The fourth-order valence-electron chi connectivity index (χ4n) is 3.85. The van der Waals surface area contributed by atoms with Crippen molar-refractivity contribution in [1.29, 1.82) is 0 Å². The Bertz CT molecular complexity index is 1330. The summed E-state index contributed by atoms with van der Waals surface area (Å²) in [6, 6.07) is 13.3. The van der Waals surface area contributed by atoms with Crippen LogP contribution in [0, 0.1) is 0 Å². The fourth-order valence-corrected chi connectivity index (χ4v) is 4.72. The number of nitrogens with zero attached hydrogens (tertiary/aromatic N) is 4. The van der Waals surface area contributed by atoms with Gasteiger partial charge in [0.25, 0.3) is 11.5 Å². The Morgan fingerprint density at radius 1 is 1.12 bits per heavy atom. The van der Waals surface area contributed by atoms with Gasteiger partial charge in [0.1, 0.15) is 21.7 Å². The zero-order valence-corrected chi connectivity index (χ0v) is 18.3. The van der Waals surface area contributed by atoms with E-state index in [1.54, 1.807) is 30.8 Å². The van der Waals surface area contributed by atoms with Gasteiger partial charge < -0.3 is 19.5 Å². The van der Waals surface area contributed by atoms with Gasteiger partial charge in [-0.2, -0.15) is 0 Å². The molecule has 1 aliphatic rings. The van der Waals surface area contributed by atoms with Crippen LogP contribution in [-0.4, -0.2) is 59.0 Å². The summed E-state index contributed by atoms with van der Waals surface area (Å²) < 4.78 is 5.76. The molecule has 1 aliphatic heterocycles. The maximum absolute atomic E-state index is 13.3. The van der Waals surface area contributed by atoms with Crippen LogP contribution in [-0.2, 0) is 0 Å². The molecule has 4 heterocycles.